The van der Waals surface area contributed by atoms with E-state index in [-0.39, 0.29) is 41.9 Å². The molecule has 0 unspecified atom stereocenters. The van der Waals surface area contributed by atoms with Crippen molar-refractivity contribution in [2.45, 2.75) is 64.7 Å². The Labute approximate surface area is 285 Å². The molecule has 0 saturated heterocycles. The lowest BCUT2D eigenvalue weighted by Gasteiger charge is -2.10. The second-order valence-corrected chi connectivity index (χ2v) is 10.7. The predicted octanol–water partition coefficient (Wildman–Crippen LogP) is 9.49. The van der Waals surface area contributed by atoms with Crippen LogP contribution in [0.4, 0.5) is 0 Å². The number of ether oxygens (including phenoxy) is 3. The van der Waals surface area contributed by atoms with Crippen molar-refractivity contribution >= 4 is 29.7 Å². The number of carbonyl (C=O) groups is 3. The Bertz CT molecular complexity index is 1520. The Morgan fingerprint density at radius 1 is 0.646 bits per heavy atom. The van der Waals surface area contributed by atoms with Crippen LogP contribution < -0.4 is 14.2 Å². The zero-order valence-corrected chi connectivity index (χ0v) is 28.3. The summed E-state index contributed by atoms with van der Waals surface area (Å²) in [6, 6.07) is 9.65. The van der Waals surface area contributed by atoms with Crippen molar-refractivity contribution in [3.63, 3.8) is 0 Å². The number of benzene rings is 2. The van der Waals surface area contributed by atoms with Gasteiger partial charge in [0.25, 0.3) is 0 Å². The van der Waals surface area contributed by atoms with Crippen molar-refractivity contribution < 1.29 is 33.7 Å². The van der Waals surface area contributed by atoms with E-state index in [1.807, 2.05) is 0 Å². The Kier molecular flexibility index (Phi) is 19.6. The first-order chi connectivity index (χ1) is 23.4. The predicted molar refractivity (Wildman–Crippen MR) is 194 cm³/mol. The summed E-state index contributed by atoms with van der Waals surface area (Å²) in [7, 11) is 2.91. The molecule has 7 heteroatoms. The Morgan fingerprint density at radius 3 is 1.69 bits per heavy atom. The topological polar surface area (TPSA) is 99.1 Å². The van der Waals surface area contributed by atoms with E-state index in [9.17, 15) is 19.5 Å². The van der Waals surface area contributed by atoms with Gasteiger partial charge in [-0.1, -0.05) is 92.0 Å². The SMILES string of the molecule is CCC=CCC=CCC=CCC=CCC=CCCCC(=O)Oc1ccc(C=CC(=O)CC(=O)C=Cc2ccc(O)c(OC)c2)cc1OC. The number of methoxy groups -OCH3 is 2. The number of aromatic hydroxyl groups is 1. The molecule has 0 amide bonds. The minimum absolute atomic E-state index is 0.00263. The first-order valence-corrected chi connectivity index (χ1v) is 16.3. The number of unbranched alkanes of at least 4 members (excludes halogenated alkanes) is 1. The minimum Gasteiger partial charge on any atom is -0.504 e. The molecule has 0 saturated carbocycles. The average Bonchev–Trinajstić information content (AvgIpc) is 3.08. The molecule has 1 N–H and O–H groups in total. The fourth-order valence-electron chi connectivity index (χ4n) is 4.24. The molecule has 0 spiro atoms. The maximum Gasteiger partial charge on any atom is 0.311 e. The van der Waals surface area contributed by atoms with Crippen LogP contribution in [0.25, 0.3) is 12.2 Å². The molecule has 0 aliphatic carbocycles. The Hall–Kier alpha value is -5.17. The van der Waals surface area contributed by atoms with Crippen molar-refractivity contribution in [3.8, 4) is 23.0 Å². The fraction of sp³-hybridized carbons (Fsp3) is 0.293. The summed E-state index contributed by atoms with van der Waals surface area (Å²) < 4.78 is 15.9. The summed E-state index contributed by atoms with van der Waals surface area (Å²) in [5.74, 6) is -0.135. The Morgan fingerprint density at radius 2 is 1.15 bits per heavy atom. The molecule has 0 heterocycles. The van der Waals surface area contributed by atoms with Gasteiger partial charge >= 0.3 is 5.97 Å². The molecule has 0 aliphatic heterocycles. The summed E-state index contributed by atoms with van der Waals surface area (Å²) >= 11 is 0. The summed E-state index contributed by atoms with van der Waals surface area (Å²) in [5, 5.41) is 9.68. The highest BCUT2D eigenvalue weighted by Gasteiger charge is 2.11. The van der Waals surface area contributed by atoms with Crippen molar-refractivity contribution in [1.29, 1.82) is 0 Å². The fourth-order valence-corrected chi connectivity index (χ4v) is 4.24. The van der Waals surface area contributed by atoms with E-state index in [0.29, 0.717) is 29.0 Å². The Balaban J connectivity index is 1.69. The van der Waals surface area contributed by atoms with Gasteiger partial charge in [0.1, 0.15) is 0 Å². The molecule has 0 radical (unpaired) electrons. The number of allylic oxidation sites excluding steroid dienone is 12. The highest BCUT2D eigenvalue weighted by molar-refractivity contribution is 6.10. The van der Waals surface area contributed by atoms with E-state index in [1.54, 1.807) is 42.5 Å². The highest BCUT2D eigenvalue weighted by Crippen LogP contribution is 2.29. The van der Waals surface area contributed by atoms with Crippen molar-refractivity contribution in [1.82, 2.24) is 0 Å². The normalized spacial score (nSPS) is 12.1. The first-order valence-electron chi connectivity index (χ1n) is 16.3. The van der Waals surface area contributed by atoms with Crippen LogP contribution in [-0.2, 0) is 14.4 Å². The first kappa shape index (κ1) is 39.0. The van der Waals surface area contributed by atoms with Gasteiger partial charge in [-0.3, -0.25) is 14.4 Å². The number of esters is 1. The number of rotatable bonds is 22. The van der Waals surface area contributed by atoms with Crippen LogP contribution in [0, 0.1) is 0 Å². The molecule has 7 nitrogen and oxygen atoms in total. The van der Waals surface area contributed by atoms with Crippen molar-refractivity contribution in [3.05, 3.63) is 120 Å². The quantitative estimate of drug-likeness (QED) is 0.0338. The van der Waals surface area contributed by atoms with Crippen molar-refractivity contribution in [2.24, 2.45) is 0 Å². The third-order valence-electron chi connectivity index (χ3n) is 6.80. The van der Waals surface area contributed by atoms with Crippen LogP contribution in [-0.4, -0.2) is 36.9 Å². The largest absolute Gasteiger partial charge is 0.504 e. The molecular weight excluding hydrogens is 604 g/mol. The zero-order chi connectivity index (χ0) is 34.8. The van der Waals surface area contributed by atoms with Crippen LogP contribution >= 0.6 is 0 Å². The van der Waals surface area contributed by atoms with Gasteiger partial charge in [0.05, 0.1) is 20.6 Å². The summed E-state index contributed by atoms with van der Waals surface area (Å²) in [6.45, 7) is 2.14. The molecule has 2 aromatic carbocycles. The zero-order valence-electron chi connectivity index (χ0n) is 28.3. The van der Waals surface area contributed by atoms with Crippen LogP contribution in [0.5, 0.6) is 23.0 Å². The minimum atomic E-state index is -0.366. The van der Waals surface area contributed by atoms with Gasteiger partial charge < -0.3 is 19.3 Å². The van der Waals surface area contributed by atoms with Crippen LogP contribution in [0.2, 0.25) is 0 Å². The second kappa shape index (κ2) is 24.1. The number of hydrogen-bond acceptors (Lipinski definition) is 7. The summed E-state index contributed by atoms with van der Waals surface area (Å²) in [5.41, 5.74) is 1.30. The molecular formula is C41H48O7. The van der Waals surface area contributed by atoms with E-state index >= 15 is 0 Å². The lowest BCUT2D eigenvalue weighted by molar-refractivity contribution is -0.134. The molecule has 0 aliphatic rings. The maximum atomic E-state index is 12.4. The second-order valence-electron chi connectivity index (χ2n) is 10.7. The molecule has 0 atom stereocenters. The molecule has 254 valence electrons. The van der Waals surface area contributed by atoms with Gasteiger partial charge in [-0.15, -0.1) is 0 Å². The van der Waals surface area contributed by atoms with Gasteiger partial charge in [0, 0.05) is 6.42 Å². The molecule has 0 fully saturated rings. The van der Waals surface area contributed by atoms with E-state index in [0.717, 1.165) is 38.5 Å². The van der Waals surface area contributed by atoms with Gasteiger partial charge in [-0.2, -0.15) is 0 Å². The molecule has 48 heavy (non-hydrogen) atoms. The molecule has 0 aromatic heterocycles. The van der Waals surface area contributed by atoms with Crippen LogP contribution in [0.15, 0.2) is 109 Å². The van der Waals surface area contributed by atoms with Gasteiger partial charge in [0.2, 0.25) is 0 Å². The summed E-state index contributed by atoms with van der Waals surface area (Å²) in [6.07, 6.45) is 33.5. The smallest absolute Gasteiger partial charge is 0.311 e. The number of ketones is 2. The van der Waals surface area contributed by atoms with E-state index in [4.69, 9.17) is 14.2 Å². The average molecular weight is 653 g/mol. The molecule has 2 aromatic rings. The number of phenols is 1. The standard InChI is InChI=1S/C41H48O7/c1-4-5-6-7-8-9-10-11-12-13-14-15-16-17-18-19-20-21-41(45)48-38-29-25-34(31-40(38)47-3)23-27-36(43)32-35(42)26-22-33-24-28-37(44)39(30-33)46-2/h5-6,8-9,11-12,14-15,17-18,22-31,44H,4,7,10,13,16,19-21,32H2,1-3H3. The number of carbonyl (C=O) groups excluding carboxylic acids is 3. The van der Waals surface area contributed by atoms with Crippen molar-refractivity contribution in [2.75, 3.05) is 14.2 Å². The molecule has 0 bridgehead atoms. The number of phenolic OH excluding ortho intramolecular Hbond substituents is 1. The lowest BCUT2D eigenvalue weighted by atomic mass is 10.1. The summed E-state index contributed by atoms with van der Waals surface area (Å²) in [4.78, 5) is 37.0. The third kappa shape index (κ3) is 16.9. The number of hydrogen-bond donors (Lipinski definition) is 1. The van der Waals surface area contributed by atoms with E-state index < -0.39 is 0 Å². The van der Waals surface area contributed by atoms with Crippen LogP contribution in [0.1, 0.15) is 75.8 Å². The monoisotopic (exact) mass is 652 g/mol. The lowest BCUT2D eigenvalue weighted by Crippen LogP contribution is -2.08. The van der Waals surface area contributed by atoms with Gasteiger partial charge in [0.15, 0.2) is 34.6 Å². The van der Waals surface area contributed by atoms with E-state index in [2.05, 4.69) is 67.7 Å². The molecule has 2 rings (SSSR count). The van der Waals surface area contributed by atoms with Crippen LogP contribution in [0.3, 0.4) is 0 Å². The maximum absolute atomic E-state index is 12.4. The van der Waals surface area contributed by atoms with Gasteiger partial charge in [-0.25, -0.2) is 0 Å². The van der Waals surface area contributed by atoms with E-state index in [1.165, 1.54) is 32.4 Å². The highest BCUT2D eigenvalue weighted by atomic mass is 16.6. The van der Waals surface area contributed by atoms with Gasteiger partial charge in [-0.05, 0) is 92.5 Å². The third-order valence-corrected chi connectivity index (χ3v) is 6.80.